The predicted molar refractivity (Wildman–Crippen MR) is 127 cm³/mol. The summed E-state index contributed by atoms with van der Waals surface area (Å²) in [7, 11) is 1.68. The van der Waals surface area contributed by atoms with E-state index < -0.39 is 0 Å². The summed E-state index contributed by atoms with van der Waals surface area (Å²) in [6, 6.07) is 19.5. The minimum Gasteiger partial charge on any atom is -0.318 e. The van der Waals surface area contributed by atoms with Crippen molar-refractivity contribution < 1.29 is 9.59 Å². The second-order valence-corrected chi connectivity index (χ2v) is 7.88. The number of aromatic nitrogens is 4. The van der Waals surface area contributed by atoms with Crippen LogP contribution in [-0.2, 0) is 24.8 Å². The van der Waals surface area contributed by atoms with Crippen molar-refractivity contribution in [3.63, 3.8) is 0 Å². The summed E-state index contributed by atoms with van der Waals surface area (Å²) in [5.74, 6) is -0.0365. The lowest BCUT2D eigenvalue weighted by atomic mass is 10.1. The maximum Gasteiger partial charge on any atom is 0.276 e. The van der Waals surface area contributed by atoms with Crippen LogP contribution in [-0.4, -0.2) is 31.4 Å². The van der Waals surface area contributed by atoms with Gasteiger partial charge in [-0.15, -0.1) is 0 Å². The highest BCUT2D eigenvalue weighted by molar-refractivity contribution is 6.03. The Kier molecular flexibility index (Phi) is 6.64. The molecule has 0 aliphatic carbocycles. The number of nitrogens with one attached hydrogen (secondary N) is 2. The van der Waals surface area contributed by atoms with Gasteiger partial charge >= 0.3 is 0 Å². The maximum atomic E-state index is 12.7. The van der Waals surface area contributed by atoms with E-state index in [1.807, 2.05) is 42.5 Å². The van der Waals surface area contributed by atoms with Gasteiger partial charge in [0.15, 0.2) is 5.69 Å². The smallest absolute Gasteiger partial charge is 0.276 e. The van der Waals surface area contributed by atoms with Crippen LogP contribution in [0.5, 0.6) is 0 Å². The molecule has 2 N–H and O–H groups in total. The molecule has 8 heteroatoms. The van der Waals surface area contributed by atoms with E-state index in [1.54, 1.807) is 30.2 Å². The quantitative estimate of drug-likeness (QED) is 0.434. The normalized spacial score (nSPS) is 10.7. The van der Waals surface area contributed by atoms with E-state index in [0.717, 1.165) is 11.1 Å². The van der Waals surface area contributed by atoms with Gasteiger partial charge in [0.25, 0.3) is 5.91 Å². The monoisotopic (exact) mass is 442 g/mol. The summed E-state index contributed by atoms with van der Waals surface area (Å²) in [5.41, 5.74) is 4.23. The Bertz CT molecular complexity index is 1260. The van der Waals surface area contributed by atoms with Crippen LogP contribution in [0.2, 0.25) is 0 Å². The van der Waals surface area contributed by atoms with Crippen molar-refractivity contribution in [1.29, 1.82) is 0 Å². The van der Waals surface area contributed by atoms with Gasteiger partial charge in [0.2, 0.25) is 5.91 Å². The zero-order chi connectivity index (χ0) is 23.2. The average molecular weight is 443 g/mol. The first-order valence-corrected chi connectivity index (χ1v) is 10.7. The number of aryl methyl sites for hydroxylation is 3. The van der Waals surface area contributed by atoms with Crippen LogP contribution in [0, 0.1) is 6.92 Å². The minimum atomic E-state index is -0.370. The highest BCUT2D eigenvalue weighted by Crippen LogP contribution is 2.15. The maximum absolute atomic E-state index is 12.7. The number of rotatable bonds is 8. The van der Waals surface area contributed by atoms with Crippen molar-refractivity contribution in [3.05, 3.63) is 95.4 Å². The first-order chi connectivity index (χ1) is 16.0. The van der Waals surface area contributed by atoms with Crippen molar-refractivity contribution in [1.82, 2.24) is 19.6 Å². The number of carbonyl (C=O) groups excluding carboxylic acids is 2. The third kappa shape index (κ3) is 5.74. The van der Waals surface area contributed by atoms with Crippen molar-refractivity contribution in [2.24, 2.45) is 7.05 Å². The fraction of sp³-hybridized carbons (Fsp3) is 0.200. The number of hydrogen-bond donors (Lipinski definition) is 2. The lowest BCUT2D eigenvalue weighted by Crippen LogP contribution is -2.14. The average Bonchev–Trinajstić information content (AvgIpc) is 3.41. The lowest BCUT2D eigenvalue weighted by Gasteiger charge is -2.05. The molecule has 4 rings (SSSR count). The number of amides is 2. The molecule has 0 atom stereocenters. The molecule has 2 aromatic heterocycles. The third-order valence-corrected chi connectivity index (χ3v) is 5.35. The molecule has 33 heavy (non-hydrogen) atoms. The standard InChI is InChI=1S/C25H26N6O2/c1-18-8-6-7-11-20(18)16-31-17-21(15-26-31)27-25(33)22-14-23(30(2)29-22)28-24(32)13-12-19-9-4-3-5-10-19/h3-11,14-15,17H,12-13,16H2,1-2H3,(H,27,33)(H,28,32). The van der Waals surface area contributed by atoms with Crippen LogP contribution in [0.25, 0.3) is 0 Å². The Morgan fingerprint density at radius 3 is 2.55 bits per heavy atom. The molecule has 2 aromatic carbocycles. The zero-order valence-electron chi connectivity index (χ0n) is 18.7. The van der Waals surface area contributed by atoms with E-state index >= 15 is 0 Å². The van der Waals surface area contributed by atoms with E-state index in [-0.39, 0.29) is 17.5 Å². The first kappa shape index (κ1) is 22.0. The predicted octanol–water partition coefficient (Wildman–Crippen LogP) is 3.80. The third-order valence-electron chi connectivity index (χ3n) is 5.35. The molecule has 0 fully saturated rings. The Hall–Kier alpha value is -4.20. The minimum absolute atomic E-state index is 0.133. The van der Waals surface area contributed by atoms with Gasteiger partial charge < -0.3 is 10.6 Å². The Morgan fingerprint density at radius 2 is 1.76 bits per heavy atom. The second kappa shape index (κ2) is 9.95. The molecule has 0 spiro atoms. The summed E-state index contributed by atoms with van der Waals surface area (Å²) in [5, 5.41) is 14.2. The fourth-order valence-corrected chi connectivity index (χ4v) is 3.47. The molecule has 4 aromatic rings. The lowest BCUT2D eigenvalue weighted by molar-refractivity contribution is -0.116. The van der Waals surface area contributed by atoms with Gasteiger partial charge in [0.05, 0.1) is 18.4 Å². The van der Waals surface area contributed by atoms with Crippen molar-refractivity contribution >= 4 is 23.3 Å². The molecule has 2 amide bonds. The molecule has 8 nitrogen and oxygen atoms in total. The van der Waals surface area contributed by atoms with E-state index in [4.69, 9.17) is 0 Å². The van der Waals surface area contributed by atoms with Crippen LogP contribution in [0.3, 0.4) is 0 Å². The number of hydrogen-bond acceptors (Lipinski definition) is 4. The van der Waals surface area contributed by atoms with Gasteiger partial charge in [-0.1, -0.05) is 54.6 Å². The molecule has 0 aliphatic rings. The SMILES string of the molecule is Cc1ccccc1Cn1cc(NC(=O)c2cc(NC(=O)CCc3ccccc3)n(C)n2)cn1. The van der Waals surface area contributed by atoms with E-state index in [0.29, 0.717) is 30.9 Å². The van der Waals surface area contributed by atoms with Crippen LogP contribution in [0.4, 0.5) is 11.5 Å². The first-order valence-electron chi connectivity index (χ1n) is 10.7. The molecule has 0 bridgehead atoms. The number of nitrogens with zero attached hydrogens (tertiary/aromatic N) is 4. The number of benzene rings is 2. The molecule has 2 heterocycles. The fourth-order valence-electron chi connectivity index (χ4n) is 3.47. The van der Waals surface area contributed by atoms with Gasteiger partial charge in [-0.3, -0.25) is 19.0 Å². The number of carbonyl (C=O) groups is 2. The highest BCUT2D eigenvalue weighted by Gasteiger charge is 2.15. The van der Waals surface area contributed by atoms with Gasteiger partial charge in [0, 0.05) is 25.7 Å². The topological polar surface area (TPSA) is 93.8 Å². The van der Waals surface area contributed by atoms with Crippen LogP contribution in [0.15, 0.2) is 73.1 Å². The summed E-state index contributed by atoms with van der Waals surface area (Å²) >= 11 is 0. The molecule has 0 saturated carbocycles. The molecule has 168 valence electrons. The molecular weight excluding hydrogens is 416 g/mol. The molecular formula is C25H26N6O2. The zero-order valence-corrected chi connectivity index (χ0v) is 18.7. The van der Waals surface area contributed by atoms with Gasteiger partial charge in [-0.2, -0.15) is 10.2 Å². The van der Waals surface area contributed by atoms with Crippen molar-refractivity contribution in [3.8, 4) is 0 Å². The largest absolute Gasteiger partial charge is 0.318 e. The summed E-state index contributed by atoms with van der Waals surface area (Å²) in [6.45, 7) is 2.67. The molecule has 0 unspecified atom stereocenters. The summed E-state index contributed by atoms with van der Waals surface area (Å²) in [4.78, 5) is 25.0. The molecule has 0 radical (unpaired) electrons. The van der Waals surface area contributed by atoms with E-state index in [2.05, 4.69) is 39.9 Å². The highest BCUT2D eigenvalue weighted by atomic mass is 16.2. The summed E-state index contributed by atoms with van der Waals surface area (Å²) in [6.07, 6.45) is 4.37. The van der Waals surface area contributed by atoms with Crippen LogP contribution < -0.4 is 10.6 Å². The van der Waals surface area contributed by atoms with Crippen LogP contribution >= 0.6 is 0 Å². The van der Waals surface area contributed by atoms with Crippen LogP contribution in [0.1, 0.15) is 33.6 Å². The van der Waals surface area contributed by atoms with Crippen molar-refractivity contribution in [2.75, 3.05) is 10.6 Å². The van der Waals surface area contributed by atoms with Gasteiger partial charge in [-0.25, -0.2) is 0 Å². The summed E-state index contributed by atoms with van der Waals surface area (Å²) < 4.78 is 3.26. The van der Waals surface area contributed by atoms with Crippen molar-refractivity contribution in [2.45, 2.75) is 26.3 Å². The van der Waals surface area contributed by atoms with E-state index in [1.165, 1.54) is 10.2 Å². The number of anilines is 2. The molecule has 0 aliphatic heterocycles. The van der Waals surface area contributed by atoms with Gasteiger partial charge in [0.1, 0.15) is 5.82 Å². The Labute approximate surface area is 192 Å². The molecule has 0 saturated heterocycles. The Balaban J connectivity index is 1.34. The van der Waals surface area contributed by atoms with Gasteiger partial charge in [-0.05, 0) is 30.0 Å². The van der Waals surface area contributed by atoms with E-state index in [9.17, 15) is 9.59 Å². The second-order valence-electron chi connectivity index (χ2n) is 7.88. The Morgan fingerprint density at radius 1 is 1.00 bits per heavy atom.